The first-order valence-corrected chi connectivity index (χ1v) is 15.5. The van der Waals surface area contributed by atoms with E-state index in [1.54, 1.807) is 0 Å². The van der Waals surface area contributed by atoms with Gasteiger partial charge in [0.15, 0.2) is 0 Å². The van der Waals surface area contributed by atoms with Gasteiger partial charge >= 0.3 is 30.0 Å². The highest BCUT2D eigenvalue weighted by atomic mass is 16.7. The number of aromatic hydroxyl groups is 1. The Morgan fingerprint density at radius 1 is 0.449 bits per heavy atom. The van der Waals surface area contributed by atoms with Gasteiger partial charge in [0.25, 0.3) is 0 Å². The van der Waals surface area contributed by atoms with Gasteiger partial charge in [0.1, 0.15) is 35.2 Å². The smallest absolute Gasteiger partial charge is 0.508 e. The number of fused-ring (bicyclic) bond motifs is 1. The van der Waals surface area contributed by atoms with Gasteiger partial charge in [-0.05, 0) is 123 Å². The molecule has 0 heterocycles. The Morgan fingerprint density at radius 3 is 1.14 bits per heavy atom. The first kappa shape index (κ1) is 32.8. The first-order chi connectivity index (χ1) is 23.6. The number of hydrogen-bond acceptors (Lipinski definition) is 11. The lowest BCUT2D eigenvalue weighted by Crippen LogP contribution is -2.26. The lowest BCUT2D eigenvalue weighted by molar-refractivity contribution is 0.00949. The highest BCUT2D eigenvalue weighted by Crippen LogP contribution is 2.47. The second kappa shape index (κ2) is 14.3. The molecule has 4 unspecified atom stereocenters. The Kier molecular flexibility index (Phi) is 9.56. The van der Waals surface area contributed by atoms with Crippen molar-refractivity contribution in [3.05, 3.63) is 119 Å². The van der Waals surface area contributed by atoms with Gasteiger partial charge in [-0.1, -0.05) is 0 Å². The van der Waals surface area contributed by atoms with Gasteiger partial charge < -0.3 is 33.9 Å². The number of rotatable bonds is 9. The van der Waals surface area contributed by atoms with Gasteiger partial charge in [-0.15, -0.1) is 0 Å². The van der Waals surface area contributed by atoms with Crippen LogP contribution in [-0.4, -0.2) is 52.5 Å². The van der Waals surface area contributed by atoms with E-state index in [0.717, 1.165) is 12.8 Å². The summed E-state index contributed by atoms with van der Waals surface area (Å²) < 4.78 is 26.9. The van der Waals surface area contributed by atoms with Crippen molar-refractivity contribution in [2.45, 2.75) is 37.9 Å². The fourth-order valence-electron chi connectivity index (χ4n) is 6.20. The Labute approximate surface area is 279 Å². The van der Waals surface area contributed by atoms with Crippen LogP contribution in [0.3, 0.4) is 0 Å². The molecule has 250 valence electrons. The number of esters is 4. The fourth-order valence-corrected chi connectivity index (χ4v) is 6.20. The van der Waals surface area contributed by atoms with Crippen LogP contribution in [0.1, 0.15) is 67.1 Å². The minimum Gasteiger partial charge on any atom is -0.508 e. The second-order valence-electron chi connectivity index (χ2n) is 11.6. The minimum absolute atomic E-state index is 0.0341. The van der Waals surface area contributed by atoms with Crippen molar-refractivity contribution < 1.29 is 57.9 Å². The molecule has 4 aromatic carbocycles. The van der Waals surface area contributed by atoms with Crippen LogP contribution in [-0.2, 0) is 9.47 Å². The van der Waals surface area contributed by atoms with Gasteiger partial charge in [-0.25, -0.2) is 24.0 Å². The maximum Gasteiger partial charge on any atom is 0.511 e. The maximum atomic E-state index is 13.0. The number of phenols is 1. The molecule has 49 heavy (non-hydrogen) atoms. The summed E-state index contributed by atoms with van der Waals surface area (Å²) >= 11 is 0. The van der Waals surface area contributed by atoms with E-state index in [1.807, 2.05) is 0 Å². The molecule has 6 rings (SSSR count). The van der Waals surface area contributed by atoms with E-state index in [2.05, 4.69) is 4.74 Å². The molecule has 4 aromatic rings. The van der Waals surface area contributed by atoms with E-state index in [-0.39, 0.29) is 63.7 Å². The lowest BCUT2D eigenvalue weighted by Gasteiger charge is -2.21. The fraction of sp³-hybridized carbons (Fsp3) is 0.216. The minimum atomic E-state index is -1.47. The molecule has 2 fully saturated rings. The summed E-state index contributed by atoms with van der Waals surface area (Å²) in [5.74, 6) is -1.61. The summed E-state index contributed by atoms with van der Waals surface area (Å²) in [6, 6.07) is 23.1. The third kappa shape index (κ3) is 7.87. The Hall–Kier alpha value is -6.17. The predicted octanol–water partition coefficient (Wildman–Crippen LogP) is 6.46. The molecule has 2 aliphatic carbocycles. The summed E-state index contributed by atoms with van der Waals surface area (Å²) in [6.07, 6.45) is 0.661. The third-order valence-corrected chi connectivity index (χ3v) is 8.59. The van der Waals surface area contributed by atoms with Crippen LogP contribution in [0, 0.1) is 11.8 Å². The molecule has 0 spiro atoms. The van der Waals surface area contributed by atoms with Crippen LogP contribution in [0.15, 0.2) is 97.1 Å². The number of ether oxygens (including phenoxy) is 5. The normalized spacial score (nSPS) is 19.3. The van der Waals surface area contributed by atoms with Gasteiger partial charge in [0, 0.05) is 11.8 Å². The van der Waals surface area contributed by atoms with E-state index in [4.69, 9.17) is 24.1 Å². The molecule has 12 heteroatoms. The van der Waals surface area contributed by atoms with Gasteiger partial charge in [0.2, 0.25) is 0 Å². The van der Waals surface area contributed by atoms with Crippen LogP contribution >= 0.6 is 0 Å². The van der Waals surface area contributed by atoms with E-state index >= 15 is 0 Å². The van der Waals surface area contributed by atoms with Gasteiger partial charge in [-0.2, -0.15) is 0 Å². The van der Waals surface area contributed by atoms with Crippen molar-refractivity contribution >= 4 is 30.0 Å². The average Bonchev–Trinajstić information content (AvgIpc) is 3.68. The average molecular weight is 667 g/mol. The van der Waals surface area contributed by atoms with Crippen LogP contribution in [0.5, 0.6) is 23.0 Å². The van der Waals surface area contributed by atoms with Gasteiger partial charge in [0.05, 0.1) is 22.3 Å². The van der Waals surface area contributed by atoms with Crippen LogP contribution in [0.25, 0.3) is 0 Å². The Morgan fingerprint density at radius 2 is 0.776 bits per heavy atom. The van der Waals surface area contributed by atoms with E-state index < -0.39 is 30.0 Å². The molecule has 2 aliphatic rings. The van der Waals surface area contributed by atoms with Crippen LogP contribution < -0.4 is 14.2 Å². The number of phenolic OH excluding ortho intramolecular Hbond substituents is 1. The zero-order valence-electron chi connectivity index (χ0n) is 25.9. The lowest BCUT2D eigenvalue weighted by atomic mass is 9.98. The quantitative estimate of drug-likeness (QED) is 0.114. The highest BCUT2D eigenvalue weighted by Gasteiger charge is 2.48. The monoisotopic (exact) mass is 666 g/mol. The summed E-state index contributed by atoms with van der Waals surface area (Å²) in [4.78, 5) is 61.3. The van der Waals surface area contributed by atoms with E-state index in [0.29, 0.717) is 18.4 Å². The summed E-state index contributed by atoms with van der Waals surface area (Å²) in [7, 11) is 0. The van der Waals surface area contributed by atoms with Gasteiger partial charge in [-0.3, -0.25) is 0 Å². The van der Waals surface area contributed by atoms with E-state index in [9.17, 15) is 29.1 Å². The Bertz CT molecular complexity index is 1850. The van der Waals surface area contributed by atoms with Crippen molar-refractivity contribution in [3.63, 3.8) is 0 Å². The molecule has 2 N–H and O–H groups in total. The van der Waals surface area contributed by atoms with Crippen molar-refractivity contribution in [1.82, 2.24) is 0 Å². The third-order valence-electron chi connectivity index (χ3n) is 8.59. The van der Waals surface area contributed by atoms with Crippen molar-refractivity contribution in [1.29, 1.82) is 0 Å². The molecule has 0 radical (unpaired) electrons. The standard InChI is InChI=1S/C37H30O12/c38-25-9-1-21(2-10-25)33(39)45-26-11-3-23(4-12-26)35(41)48-31-19-17-30-29(31)18-20-32(30)49-36(42)24-5-13-27(14-6-24)46-34(40)22-7-15-28(16-8-22)47-37(43)44/h1-16,29-32,38H,17-20H2,(H,43,44). The molecular formula is C37H30O12. The zero-order chi connectivity index (χ0) is 34.5. The highest BCUT2D eigenvalue weighted by molar-refractivity contribution is 5.93. The second-order valence-corrected chi connectivity index (χ2v) is 11.6. The molecule has 0 aliphatic heterocycles. The Balaban J connectivity index is 0.973. The van der Waals surface area contributed by atoms with Crippen LogP contribution in [0.4, 0.5) is 4.79 Å². The number of carboxylic acid groups (broad SMARTS) is 1. The summed E-state index contributed by atoms with van der Waals surface area (Å²) in [5.41, 5.74) is 1.05. The number of benzene rings is 4. The molecule has 4 atom stereocenters. The van der Waals surface area contributed by atoms with Crippen LogP contribution in [0.2, 0.25) is 0 Å². The predicted molar refractivity (Wildman–Crippen MR) is 170 cm³/mol. The number of carbonyl (C=O) groups is 5. The number of hydrogen-bond donors (Lipinski definition) is 2. The molecule has 2 saturated carbocycles. The maximum absolute atomic E-state index is 13.0. The SMILES string of the molecule is O=C(O)Oc1ccc(C(=O)Oc2ccc(C(=O)OC3CCC4C(OC(=O)c5ccc(OC(=O)c6ccc(O)cc6)cc5)CCC34)cc2)cc1. The number of carbonyl (C=O) groups excluding carboxylic acids is 4. The van der Waals surface area contributed by atoms with Crippen molar-refractivity contribution in [2.24, 2.45) is 11.8 Å². The summed E-state index contributed by atoms with van der Waals surface area (Å²) in [6.45, 7) is 0. The zero-order valence-corrected chi connectivity index (χ0v) is 25.9. The molecular weight excluding hydrogens is 636 g/mol. The molecule has 0 aromatic heterocycles. The topological polar surface area (TPSA) is 172 Å². The largest absolute Gasteiger partial charge is 0.511 e. The first-order valence-electron chi connectivity index (χ1n) is 15.5. The van der Waals surface area contributed by atoms with E-state index in [1.165, 1.54) is 97.1 Å². The molecule has 12 nitrogen and oxygen atoms in total. The molecule has 0 bridgehead atoms. The van der Waals surface area contributed by atoms with Crippen molar-refractivity contribution in [2.75, 3.05) is 0 Å². The molecule has 0 saturated heterocycles. The molecule has 0 amide bonds. The van der Waals surface area contributed by atoms with Crippen molar-refractivity contribution in [3.8, 4) is 23.0 Å². The summed E-state index contributed by atoms with van der Waals surface area (Å²) in [5, 5.41) is 18.1.